The lowest BCUT2D eigenvalue weighted by atomic mass is 9.97. The van der Waals surface area contributed by atoms with Crippen LogP contribution >= 0.6 is 11.3 Å². The van der Waals surface area contributed by atoms with Gasteiger partial charge in [0.25, 0.3) is 0 Å². The normalized spacial score (nSPS) is 11.6. The minimum atomic E-state index is 0.626. The van der Waals surface area contributed by atoms with Crippen LogP contribution in [-0.4, -0.2) is 15.0 Å². The predicted octanol–water partition coefficient (Wildman–Crippen LogP) is 14.1. The average Bonchev–Trinajstić information content (AvgIpc) is 3.85. The van der Waals surface area contributed by atoms with E-state index >= 15 is 0 Å². The van der Waals surface area contributed by atoms with Gasteiger partial charge in [-0.05, 0) is 75.8 Å². The molecule has 4 nitrogen and oxygen atoms in total. The molecule has 0 bridgehead atoms. The molecular formula is C51H31N3OS. The maximum absolute atomic E-state index is 6.11. The number of aromatic nitrogens is 3. The molecule has 11 aromatic rings. The monoisotopic (exact) mass is 733 g/mol. The Morgan fingerprint density at radius 3 is 1.68 bits per heavy atom. The zero-order valence-electron chi connectivity index (χ0n) is 30.1. The first-order valence-corrected chi connectivity index (χ1v) is 19.5. The van der Waals surface area contributed by atoms with E-state index in [-0.39, 0.29) is 0 Å². The Balaban J connectivity index is 1.06. The second-order valence-electron chi connectivity index (χ2n) is 14.0. The molecule has 0 aliphatic rings. The molecule has 0 atom stereocenters. The molecule has 0 aliphatic heterocycles. The van der Waals surface area contributed by atoms with Crippen LogP contribution in [0.3, 0.4) is 0 Å². The van der Waals surface area contributed by atoms with Crippen molar-refractivity contribution in [3.05, 3.63) is 188 Å². The van der Waals surface area contributed by atoms with Crippen molar-refractivity contribution in [1.29, 1.82) is 0 Å². The van der Waals surface area contributed by atoms with Gasteiger partial charge in [-0.3, -0.25) is 0 Å². The quantitative estimate of drug-likeness (QED) is 0.171. The number of fused-ring (bicyclic) bond motifs is 6. The Labute approximate surface area is 327 Å². The summed E-state index contributed by atoms with van der Waals surface area (Å²) < 4.78 is 8.52. The van der Waals surface area contributed by atoms with Crippen LogP contribution in [-0.2, 0) is 0 Å². The van der Waals surface area contributed by atoms with Gasteiger partial charge in [0, 0.05) is 47.6 Å². The number of rotatable bonds is 6. The number of thiophene rings is 1. The first-order chi connectivity index (χ1) is 27.7. The highest BCUT2D eigenvalue weighted by atomic mass is 32.1. The second-order valence-corrected chi connectivity index (χ2v) is 15.0. The summed E-state index contributed by atoms with van der Waals surface area (Å²) in [6.07, 6.45) is 0. The number of nitrogens with zero attached hydrogens (tertiary/aromatic N) is 3. The highest BCUT2D eigenvalue weighted by molar-refractivity contribution is 7.26. The molecule has 0 fully saturated rings. The van der Waals surface area contributed by atoms with Gasteiger partial charge >= 0.3 is 0 Å². The molecule has 262 valence electrons. The van der Waals surface area contributed by atoms with Crippen LogP contribution in [0, 0.1) is 0 Å². The van der Waals surface area contributed by atoms with E-state index in [1.807, 2.05) is 18.2 Å². The molecule has 11 rings (SSSR count). The second kappa shape index (κ2) is 13.3. The van der Waals surface area contributed by atoms with Gasteiger partial charge in [0.15, 0.2) is 17.5 Å². The third-order valence-corrected chi connectivity index (χ3v) is 11.8. The van der Waals surface area contributed by atoms with Gasteiger partial charge in [-0.1, -0.05) is 146 Å². The Morgan fingerprint density at radius 1 is 0.321 bits per heavy atom. The Bertz CT molecular complexity index is 3270. The van der Waals surface area contributed by atoms with Crippen molar-refractivity contribution >= 4 is 53.4 Å². The zero-order valence-corrected chi connectivity index (χ0v) is 30.9. The minimum Gasteiger partial charge on any atom is -0.456 e. The standard InChI is InChI=1S/C51H31N3OS/c1-2-13-32(14-3-1)38-19-4-5-22-42(38)50-52-49(53-51(54-50)43-24-12-23-41-40-21-7-9-26-47(40)56-48(41)43)37-18-11-17-35(30-37)33-15-10-16-34(29-33)36-27-28-46-44(31-36)39-20-6-8-25-45(39)55-46/h1-31H. The first kappa shape index (κ1) is 32.2. The lowest BCUT2D eigenvalue weighted by molar-refractivity contribution is 0.669. The number of para-hydroxylation sites is 1. The van der Waals surface area contributed by atoms with Crippen molar-refractivity contribution in [2.45, 2.75) is 0 Å². The molecule has 0 saturated carbocycles. The van der Waals surface area contributed by atoms with Crippen LogP contribution in [0.5, 0.6) is 0 Å². The molecule has 0 saturated heterocycles. The van der Waals surface area contributed by atoms with E-state index in [2.05, 4.69) is 170 Å². The molecular weight excluding hydrogens is 703 g/mol. The Morgan fingerprint density at radius 2 is 0.857 bits per heavy atom. The summed E-state index contributed by atoms with van der Waals surface area (Å²) in [5.41, 5.74) is 11.3. The molecule has 0 spiro atoms. The van der Waals surface area contributed by atoms with Crippen LogP contribution in [0.2, 0.25) is 0 Å². The summed E-state index contributed by atoms with van der Waals surface area (Å²) in [5.74, 6) is 1.91. The van der Waals surface area contributed by atoms with E-state index in [0.29, 0.717) is 17.5 Å². The van der Waals surface area contributed by atoms with Gasteiger partial charge in [0.05, 0.1) is 0 Å². The Kier molecular flexibility index (Phi) is 7.64. The van der Waals surface area contributed by atoms with Crippen LogP contribution < -0.4 is 0 Å². The number of hydrogen-bond acceptors (Lipinski definition) is 5. The molecule has 0 aliphatic carbocycles. The van der Waals surface area contributed by atoms with Crippen LogP contribution in [0.25, 0.3) is 110 Å². The third-order valence-electron chi connectivity index (χ3n) is 10.6. The average molecular weight is 734 g/mol. The van der Waals surface area contributed by atoms with E-state index in [1.54, 1.807) is 11.3 Å². The fraction of sp³-hybridized carbons (Fsp3) is 0. The van der Waals surface area contributed by atoms with Crippen molar-refractivity contribution in [2.24, 2.45) is 0 Å². The first-order valence-electron chi connectivity index (χ1n) is 18.7. The molecule has 0 radical (unpaired) electrons. The summed E-state index contributed by atoms with van der Waals surface area (Å²) in [6.45, 7) is 0. The maximum atomic E-state index is 6.11. The molecule has 56 heavy (non-hydrogen) atoms. The van der Waals surface area contributed by atoms with Gasteiger partial charge in [-0.15, -0.1) is 11.3 Å². The van der Waals surface area contributed by atoms with Gasteiger partial charge in [-0.2, -0.15) is 0 Å². The summed E-state index contributed by atoms with van der Waals surface area (Å²) in [5, 5.41) is 4.69. The fourth-order valence-corrected chi connectivity index (χ4v) is 9.05. The van der Waals surface area contributed by atoms with Crippen molar-refractivity contribution in [1.82, 2.24) is 15.0 Å². The molecule has 3 heterocycles. The SMILES string of the molecule is c1ccc(-c2ccccc2-c2nc(-c3cccc(-c4cccc(-c5ccc6oc7ccccc7c6c5)c4)c3)nc(-c3cccc4c3sc3ccccc34)n2)cc1. The zero-order chi connectivity index (χ0) is 37.0. The third kappa shape index (κ3) is 5.56. The number of furan rings is 1. The fourth-order valence-electron chi connectivity index (χ4n) is 7.84. The van der Waals surface area contributed by atoms with E-state index in [9.17, 15) is 0 Å². The summed E-state index contributed by atoms with van der Waals surface area (Å²) >= 11 is 1.78. The minimum absolute atomic E-state index is 0.626. The summed E-state index contributed by atoms with van der Waals surface area (Å²) in [6, 6.07) is 65.7. The van der Waals surface area contributed by atoms with Crippen LogP contribution in [0.4, 0.5) is 0 Å². The van der Waals surface area contributed by atoms with Gasteiger partial charge in [0.2, 0.25) is 0 Å². The molecule has 5 heteroatoms. The lowest BCUT2D eigenvalue weighted by Gasteiger charge is -2.13. The highest BCUT2D eigenvalue weighted by Gasteiger charge is 2.19. The molecule has 8 aromatic carbocycles. The molecule has 0 amide bonds. The van der Waals surface area contributed by atoms with Gasteiger partial charge in [-0.25, -0.2) is 15.0 Å². The lowest BCUT2D eigenvalue weighted by Crippen LogP contribution is -2.01. The van der Waals surface area contributed by atoms with E-state index in [0.717, 1.165) is 72.0 Å². The van der Waals surface area contributed by atoms with Gasteiger partial charge < -0.3 is 4.42 Å². The molecule has 3 aromatic heterocycles. The molecule has 0 unspecified atom stereocenters. The molecule has 0 N–H and O–H groups in total. The van der Waals surface area contributed by atoms with Crippen molar-refractivity contribution in [3.8, 4) is 67.5 Å². The number of benzene rings is 8. The smallest absolute Gasteiger partial charge is 0.165 e. The van der Waals surface area contributed by atoms with Crippen molar-refractivity contribution < 1.29 is 4.42 Å². The van der Waals surface area contributed by atoms with Gasteiger partial charge in [0.1, 0.15) is 11.2 Å². The van der Waals surface area contributed by atoms with Crippen molar-refractivity contribution in [2.75, 3.05) is 0 Å². The topological polar surface area (TPSA) is 51.8 Å². The van der Waals surface area contributed by atoms with Crippen molar-refractivity contribution in [3.63, 3.8) is 0 Å². The van der Waals surface area contributed by atoms with Crippen LogP contribution in [0.1, 0.15) is 0 Å². The summed E-state index contributed by atoms with van der Waals surface area (Å²) in [7, 11) is 0. The van der Waals surface area contributed by atoms with E-state index in [4.69, 9.17) is 19.4 Å². The predicted molar refractivity (Wildman–Crippen MR) is 233 cm³/mol. The highest BCUT2D eigenvalue weighted by Crippen LogP contribution is 2.41. The summed E-state index contributed by atoms with van der Waals surface area (Å²) in [4.78, 5) is 15.7. The maximum Gasteiger partial charge on any atom is 0.165 e. The van der Waals surface area contributed by atoms with Crippen LogP contribution in [0.15, 0.2) is 192 Å². The number of hydrogen-bond donors (Lipinski definition) is 0. The Hall–Kier alpha value is -7.21. The van der Waals surface area contributed by atoms with E-state index < -0.39 is 0 Å². The largest absolute Gasteiger partial charge is 0.456 e. The van der Waals surface area contributed by atoms with E-state index in [1.165, 1.54) is 20.2 Å².